The number of ether oxygens (including phenoxy) is 1. The van der Waals surface area contributed by atoms with E-state index in [1.807, 2.05) is 11.0 Å². The summed E-state index contributed by atoms with van der Waals surface area (Å²) in [7, 11) is 1.51. The molecule has 1 aromatic carbocycles. The molecule has 2 rings (SSSR count). The summed E-state index contributed by atoms with van der Waals surface area (Å²) in [6.45, 7) is 5.01. The molecule has 0 radical (unpaired) electrons. The Balaban J connectivity index is 2.25. The van der Waals surface area contributed by atoms with Gasteiger partial charge in [-0.1, -0.05) is 18.6 Å². The summed E-state index contributed by atoms with van der Waals surface area (Å²) >= 11 is 0. The van der Waals surface area contributed by atoms with Crippen molar-refractivity contribution < 1.29 is 19.7 Å². The molecule has 1 saturated heterocycles. The van der Waals surface area contributed by atoms with Crippen LogP contribution >= 0.6 is 0 Å². The molecule has 0 amide bonds. The van der Waals surface area contributed by atoms with Crippen LogP contribution in [0.25, 0.3) is 0 Å². The Morgan fingerprint density at radius 2 is 2.27 bits per heavy atom. The van der Waals surface area contributed by atoms with Crippen molar-refractivity contribution >= 4 is 5.97 Å². The number of benzene rings is 1. The van der Waals surface area contributed by atoms with Gasteiger partial charge in [-0.05, 0) is 37.4 Å². The maximum Gasteiger partial charge on any atom is 0.320 e. The lowest BCUT2D eigenvalue weighted by molar-refractivity contribution is -0.144. The van der Waals surface area contributed by atoms with E-state index in [0.717, 1.165) is 30.5 Å². The molecule has 1 fully saturated rings. The first-order chi connectivity index (χ1) is 10.6. The van der Waals surface area contributed by atoms with Crippen LogP contribution in [0.4, 0.5) is 0 Å². The summed E-state index contributed by atoms with van der Waals surface area (Å²) in [5, 5.41) is 19.5. The van der Waals surface area contributed by atoms with Crippen LogP contribution in [0.3, 0.4) is 0 Å². The first kappa shape index (κ1) is 16.4. The fourth-order valence-corrected chi connectivity index (χ4v) is 2.98. The summed E-state index contributed by atoms with van der Waals surface area (Å²) in [4.78, 5) is 13.4. The largest absolute Gasteiger partial charge is 0.504 e. The highest BCUT2D eigenvalue weighted by Gasteiger charge is 2.28. The Labute approximate surface area is 130 Å². The molecule has 5 heteroatoms. The quantitative estimate of drug-likeness (QED) is 0.791. The van der Waals surface area contributed by atoms with E-state index in [1.165, 1.54) is 7.11 Å². The third kappa shape index (κ3) is 3.60. The molecule has 1 aliphatic rings. The highest BCUT2D eigenvalue weighted by atomic mass is 16.5. The van der Waals surface area contributed by atoms with Gasteiger partial charge in [0.25, 0.3) is 0 Å². The number of aromatic hydroxyl groups is 1. The maximum absolute atomic E-state index is 11.4. The van der Waals surface area contributed by atoms with E-state index in [4.69, 9.17) is 4.74 Å². The average Bonchev–Trinajstić information content (AvgIpc) is 2.51. The number of carbonyl (C=O) groups is 1. The lowest BCUT2D eigenvalue weighted by Gasteiger charge is -2.33. The van der Waals surface area contributed by atoms with Gasteiger partial charge in [-0.2, -0.15) is 0 Å². The molecule has 1 aromatic rings. The minimum Gasteiger partial charge on any atom is -0.504 e. The Morgan fingerprint density at radius 1 is 1.50 bits per heavy atom. The second kappa shape index (κ2) is 7.31. The van der Waals surface area contributed by atoms with Crippen LogP contribution < -0.4 is 4.74 Å². The van der Waals surface area contributed by atoms with Crippen molar-refractivity contribution in [2.75, 3.05) is 13.7 Å². The van der Waals surface area contributed by atoms with E-state index in [2.05, 4.69) is 6.58 Å². The van der Waals surface area contributed by atoms with Crippen LogP contribution in [0.15, 0.2) is 24.8 Å². The Kier molecular flexibility index (Phi) is 5.44. The lowest BCUT2D eigenvalue weighted by Crippen LogP contribution is -2.44. The highest BCUT2D eigenvalue weighted by Crippen LogP contribution is 2.33. The van der Waals surface area contributed by atoms with Gasteiger partial charge in [0.05, 0.1) is 7.11 Å². The van der Waals surface area contributed by atoms with Crippen LogP contribution in [0, 0.1) is 0 Å². The predicted molar refractivity (Wildman–Crippen MR) is 84.2 cm³/mol. The van der Waals surface area contributed by atoms with E-state index in [0.29, 0.717) is 25.1 Å². The van der Waals surface area contributed by atoms with Gasteiger partial charge in [0, 0.05) is 12.1 Å². The number of nitrogens with zero attached hydrogens (tertiary/aromatic N) is 1. The zero-order chi connectivity index (χ0) is 16.1. The second-order valence-corrected chi connectivity index (χ2v) is 5.62. The average molecular weight is 305 g/mol. The highest BCUT2D eigenvalue weighted by molar-refractivity contribution is 5.73. The summed E-state index contributed by atoms with van der Waals surface area (Å²) < 4.78 is 5.22. The molecular weight excluding hydrogens is 282 g/mol. The molecule has 0 bridgehead atoms. The number of rotatable bonds is 6. The van der Waals surface area contributed by atoms with E-state index in [9.17, 15) is 15.0 Å². The molecule has 1 heterocycles. The van der Waals surface area contributed by atoms with Gasteiger partial charge in [0.15, 0.2) is 11.5 Å². The number of phenolic OH excluding ortho intramolecular Hbond substituents is 1. The van der Waals surface area contributed by atoms with Crippen molar-refractivity contribution in [2.45, 2.75) is 38.3 Å². The van der Waals surface area contributed by atoms with Crippen LogP contribution in [0.5, 0.6) is 11.5 Å². The third-order valence-electron chi connectivity index (χ3n) is 4.08. The van der Waals surface area contributed by atoms with Crippen molar-refractivity contribution in [1.82, 2.24) is 4.90 Å². The number of phenols is 1. The van der Waals surface area contributed by atoms with Gasteiger partial charge >= 0.3 is 5.97 Å². The van der Waals surface area contributed by atoms with Gasteiger partial charge in [-0.25, -0.2) is 0 Å². The molecule has 5 nitrogen and oxygen atoms in total. The molecule has 22 heavy (non-hydrogen) atoms. The summed E-state index contributed by atoms with van der Waals surface area (Å²) in [5.74, 6) is -0.227. The topological polar surface area (TPSA) is 70.0 Å². The number of hydrogen-bond donors (Lipinski definition) is 2. The summed E-state index contributed by atoms with van der Waals surface area (Å²) in [6.07, 6.45) is 4.91. The van der Waals surface area contributed by atoms with Gasteiger partial charge in [0.1, 0.15) is 6.04 Å². The Morgan fingerprint density at radius 3 is 2.91 bits per heavy atom. The fourth-order valence-electron chi connectivity index (χ4n) is 2.98. The van der Waals surface area contributed by atoms with Crippen molar-refractivity contribution in [2.24, 2.45) is 0 Å². The monoisotopic (exact) mass is 305 g/mol. The van der Waals surface area contributed by atoms with E-state index in [1.54, 1.807) is 12.1 Å². The molecule has 0 saturated carbocycles. The third-order valence-corrected chi connectivity index (χ3v) is 4.08. The standard InChI is InChI=1S/C17H23NO4/c1-3-6-13-9-12(10-15(22-2)16(13)19)11-18-8-5-4-7-14(18)17(20)21/h3,9-10,14,19H,1,4-8,11H2,2H3,(H,20,21). The molecule has 1 aliphatic heterocycles. The van der Waals surface area contributed by atoms with Gasteiger partial charge < -0.3 is 14.9 Å². The molecular formula is C17H23NO4. The number of methoxy groups -OCH3 is 1. The van der Waals surface area contributed by atoms with Crippen molar-refractivity contribution in [3.05, 3.63) is 35.9 Å². The number of allylic oxidation sites excluding steroid dienone is 1. The number of piperidine rings is 1. The smallest absolute Gasteiger partial charge is 0.320 e. The van der Waals surface area contributed by atoms with Crippen molar-refractivity contribution in [3.8, 4) is 11.5 Å². The normalized spacial score (nSPS) is 18.9. The number of likely N-dealkylation sites (tertiary alicyclic amines) is 1. The van der Waals surface area contributed by atoms with Crippen LogP contribution in [-0.4, -0.2) is 40.8 Å². The minimum absolute atomic E-state index is 0.125. The maximum atomic E-state index is 11.4. The van der Waals surface area contributed by atoms with Gasteiger partial charge in [-0.15, -0.1) is 6.58 Å². The van der Waals surface area contributed by atoms with Crippen LogP contribution in [0.2, 0.25) is 0 Å². The van der Waals surface area contributed by atoms with Crippen LogP contribution in [0.1, 0.15) is 30.4 Å². The first-order valence-corrected chi connectivity index (χ1v) is 7.53. The molecule has 2 N–H and O–H groups in total. The molecule has 0 spiro atoms. The Hall–Kier alpha value is -2.01. The number of carboxylic acid groups (broad SMARTS) is 1. The first-order valence-electron chi connectivity index (χ1n) is 7.53. The predicted octanol–water partition coefficient (Wildman–Crippen LogP) is 2.57. The number of hydrogen-bond acceptors (Lipinski definition) is 4. The van der Waals surface area contributed by atoms with E-state index < -0.39 is 12.0 Å². The van der Waals surface area contributed by atoms with Gasteiger partial charge in [-0.3, -0.25) is 9.69 Å². The number of carboxylic acids is 1. The van der Waals surface area contributed by atoms with Crippen molar-refractivity contribution in [3.63, 3.8) is 0 Å². The minimum atomic E-state index is -0.767. The summed E-state index contributed by atoms with van der Waals surface area (Å²) in [5.41, 5.74) is 1.69. The lowest BCUT2D eigenvalue weighted by atomic mass is 10.00. The van der Waals surface area contributed by atoms with Crippen LogP contribution in [-0.2, 0) is 17.8 Å². The molecule has 0 aliphatic carbocycles. The molecule has 0 aromatic heterocycles. The number of aliphatic carboxylic acids is 1. The summed E-state index contributed by atoms with van der Waals surface area (Å²) in [6, 6.07) is 3.24. The second-order valence-electron chi connectivity index (χ2n) is 5.62. The molecule has 1 unspecified atom stereocenters. The Bertz CT molecular complexity index is 556. The zero-order valence-corrected chi connectivity index (χ0v) is 12.9. The fraction of sp³-hybridized carbons (Fsp3) is 0.471. The SMILES string of the molecule is C=CCc1cc(CN2CCCCC2C(=O)O)cc(OC)c1O. The van der Waals surface area contributed by atoms with E-state index >= 15 is 0 Å². The molecule has 1 atom stereocenters. The molecule has 120 valence electrons. The van der Waals surface area contributed by atoms with E-state index in [-0.39, 0.29) is 5.75 Å². The zero-order valence-electron chi connectivity index (χ0n) is 12.9. The van der Waals surface area contributed by atoms with Crippen molar-refractivity contribution in [1.29, 1.82) is 0 Å². The van der Waals surface area contributed by atoms with Gasteiger partial charge in [0.2, 0.25) is 0 Å².